The lowest BCUT2D eigenvalue weighted by molar-refractivity contribution is -0.138. The Labute approximate surface area is 206 Å². The number of hydrogen-bond acceptors (Lipinski definition) is 4. The number of carbonyl (C=O) groups excluding carboxylic acids is 1. The average molecular weight is 482 g/mol. The number of benzene rings is 1. The van der Waals surface area contributed by atoms with Gasteiger partial charge in [0, 0.05) is 35.9 Å². The molecule has 4 rings (SSSR count). The molecule has 7 heteroatoms. The Morgan fingerprint density at radius 3 is 2.56 bits per heavy atom. The zero-order valence-electron chi connectivity index (χ0n) is 19.8. The van der Waals surface area contributed by atoms with Crippen molar-refractivity contribution in [2.24, 2.45) is 5.92 Å². The van der Waals surface area contributed by atoms with E-state index in [0.29, 0.717) is 13.1 Å². The number of carboxylic acid groups (broad SMARTS) is 1. The number of aryl methyl sites for hydroxylation is 2. The molecule has 2 aromatic rings. The Morgan fingerprint density at radius 1 is 1.12 bits per heavy atom. The summed E-state index contributed by atoms with van der Waals surface area (Å²) in [7, 11) is 0. The second-order valence-corrected chi connectivity index (χ2v) is 9.94. The number of amides is 1. The van der Waals surface area contributed by atoms with Gasteiger partial charge in [-0.2, -0.15) is 0 Å². The van der Waals surface area contributed by atoms with Crippen LogP contribution in [0.5, 0.6) is 0 Å². The summed E-state index contributed by atoms with van der Waals surface area (Å²) in [5.74, 6) is -0.698. The number of carbonyl (C=O) groups is 2. The van der Waals surface area contributed by atoms with Gasteiger partial charge in [-0.25, -0.2) is 0 Å². The van der Waals surface area contributed by atoms with Gasteiger partial charge in [0.2, 0.25) is 5.91 Å². The van der Waals surface area contributed by atoms with Crippen molar-refractivity contribution in [2.75, 3.05) is 19.6 Å². The Hall–Kier alpha value is -2.70. The molecular formula is C27H32ClN3O3. The summed E-state index contributed by atoms with van der Waals surface area (Å²) in [6.07, 6.45) is 5.31. The van der Waals surface area contributed by atoms with Gasteiger partial charge >= 0.3 is 5.97 Å². The predicted octanol–water partition coefficient (Wildman–Crippen LogP) is 4.35. The Bertz CT molecular complexity index is 1100. The minimum Gasteiger partial charge on any atom is -0.481 e. The number of nitrogens with one attached hydrogen (secondary N) is 1. The van der Waals surface area contributed by atoms with Crippen LogP contribution in [0.15, 0.2) is 42.1 Å². The third kappa shape index (κ3) is 5.50. The van der Waals surface area contributed by atoms with Crippen LogP contribution >= 0.6 is 11.6 Å². The largest absolute Gasteiger partial charge is 0.481 e. The second kappa shape index (κ2) is 10.7. The fraction of sp³-hybridized carbons (Fsp3) is 0.444. The normalized spacial score (nSPS) is 16.6. The summed E-state index contributed by atoms with van der Waals surface area (Å²) in [5.41, 5.74) is 7.27. The summed E-state index contributed by atoms with van der Waals surface area (Å²) in [5, 5.41) is 13.0. The number of hydrogen-bond donors (Lipinski definition) is 2. The van der Waals surface area contributed by atoms with Crippen molar-refractivity contribution in [3.63, 3.8) is 0 Å². The van der Waals surface area contributed by atoms with Crippen LogP contribution in [0.4, 0.5) is 0 Å². The number of aromatic nitrogens is 1. The van der Waals surface area contributed by atoms with E-state index in [2.05, 4.69) is 23.5 Å². The maximum Gasteiger partial charge on any atom is 0.304 e. The highest BCUT2D eigenvalue weighted by molar-refractivity contribution is 6.30. The highest BCUT2D eigenvalue weighted by atomic mass is 35.5. The molecule has 1 saturated heterocycles. The first-order valence-electron chi connectivity index (χ1n) is 12.0. The van der Waals surface area contributed by atoms with E-state index in [-0.39, 0.29) is 30.8 Å². The van der Waals surface area contributed by atoms with E-state index >= 15 is 0 Å². The molecule has 1 atom stereocenters. The monoisotopic (exact) mass is 481 g/mol. The molecule has 1 amide bonds. The van der Waals surface area contributed by atoms with Crippen LogP contribution in [0.2, 0.25) is 5.02 Å². The molecule has 1 aliphatic carbocycles. The number of aliphatic carboxylic acids is 1. The zero-order chi connectivity index (χ0) is 24.2. The van der Waals surface area contributed by atoms with Crippen molar-refractivity contribution in [1.29, 1.82) is 0 Å². The number of likely N-dealkylation sites (tertiary alicyclic amines) is 1. The standard InChI is InChI=1S/C27H32ClN3O3/c1-17(2)23(15-25(33)34)30-16-24(32)31-12-9-18(10-13-31)26-22-8-7-21(28)14-20(22)6-5-19-4-3-11-29-27(19)26/h3-4,7-8,11,14,17,23,30H,5-6,9-10,12-13,15-16H2,1-2H3,(H,33,34). The van der Waals surface area contributed by atoms with E-state index in [4.69, 9.17) is 21.7 Å². The van der Waals surface area contributed by atoms with Gasteiger partial charge in [0.05, 0.1) is 18.7 Å². The minimum absolute atomic E-state index is 0.0109. The van der Waals surface area contributed by atoms with Crippen molar-refractivity contribution < 1.29 is 14.7 Å². The molecule has 0 saturated carbocycles. The molecule has 0 radical (unpaired) electrons. The van der Waals surface area contributed by atoms with E-state index < -0.39 is 5.97 Å². The fourth-order valence-corrected chi connectivity index (χ4v) is 5.17. The number of fused-ring (bicyclic) bond motifs is 2. The molecule has 2 aliphatic rings. The lowest BCUT2D eigenvalue weighted by Crippen LogP contribution is -2.46. The Morgan fingerprint density at radius 2 is 1.85 bits per heavy atom. The number of halogens is 1. The first kappa shape index (κ1) is 24.4. The molecule has 0 bridgehead atoms. The summed E-state index contributed by atoms with van der Waals surface area (Å²) < 4.78 is 0. The van der Waals surface area contributed by atoms with Crippen LogP contribution in [0.1, 0.15) is 55.5 Å². The first-order valence-corrected chi connectivity index (χ1v) is 12.4. The smallest absolute Gasteiger partial charge is 0.304 e. The third-order valence-electron chi connectivity index (χ3n) is 6.92. The van der Waals surface area contributed by atoms with Crippen LogP contribution in [0, 0.1) is 5.92 Å². The highest BCUT2D eigenvalue weighted by Gasteiger charge is 2.27. The lowest BCUT2D eigenvalue weighted by Gasteiger charge is -2.31. The second-order valence-electron chi connectivity index (χ2n) is 9.50. The van der Waals surface area contributed by atoms with Crippen LogP contribution in [0.25, 0.3) is 5.57 Å². The van der Waals surface area contributed by atoms with E-state index in [9.17, 15) is 9.59 Å². The number of rotatable bonds is 6. The molecule has 1 aromatic heterocycles. The van der Waals surface area contributed by atoms with Gasteiger partial charge in [-0.05, 0) is 66.5 Å². The molecule has 180 valence electrons. The van der Waals surface area contributed by atoms with Crippen molar-refractivity contribution >= 4 is 29.1 Å². The Balaban J connectivity index is 1.52. The molecule has 1 aliphatic heterocycles. The molecular weight excluding hydrogens is 450 g/mol. The molecule has 1 fully saturated rings. The van der Waals surface area contributed by atoms with Crippen LogP contribution in [0.3, 0.4) is 0 Å². The number of carboxylic acids is 1. The van der Waals surface area contributed by atoms with E-state index in [1.165, 1.54) is 27.8 Å². The summed E-state index contributed by atoms with van der Waals surface area (Å²) in [6.45, 7) is 5.39. The Kier molecular flexibility index (Phi) is 7.69. The van der Waals surface area contributed by atoms with E-state index in [1.807, 2.05) is 37.1 Å². The van der Waals surface area contributed by atoms with Crippen molar-refractivity contribution in [3.05, 3.63) is 69.5 Å². The molecule has 0 spiro atoms. The van der Waals surface area contributed by atoms with Crippen molar-refractivity contribution in [1.82, 2.24) is 15.2 Å². The lowest BCUT2D eigenvalue weighted by atomic mass is 9.88. The van der Waals surface area contributed by atoms with Crippen molar-refractivity contribution in [3.8, 4) is 0 Å². The van der Waals surface area contributed by atoms with Gasteiger partial charge in [-0.3, -0.25) is 14.6 Å². The molecule has 6 nitrogen and oxygen atoms in total. The molecule has 34 heavy (non-hydrogen) atoms. The molecule has 1 aromatic carbocycles. The quantitative estimate of drug-likeness (QED) is 0.641. The van der Waals surface area contributed by atoms with Gasteiger partial charge in [-0.1, -0.05) is 43.2 Å². The van der Waals surface area contributed by atoms with Crippen LogP contribution in [-0.2, 0) is 22.4 Å². The maximum atomic E-state index is 12.9. The van der Waals surface area contributed by atoms with Gasteiger partial charge in [0.1, 0.15) is 0 Å². The topological polar surface area (TPSA) is 82.5 Å². The zero-order valence-corrected chi connectivity index (χ0v) is 20.6. The van der Waals surface area contributed by atoms with E-state index in [0.717, 1.165) is 36.4 Å². The average Bonchev–Trinajstić information content (AvgIpc) is 2.98. The number of piperidine rings is 1. The highest BCUT2D eigenvalue weighted by Crippen LogP contribution is 2.38. The number of nitrogens with zero attached hydrogens (tertiary/aromatic N) is 2. The molecule has 2 heterocycles. The van der Waals surface area contributed by atoms with Gasteiger partial charge in [0.25, 0.3) is 0 Å². The predicted molar refractivity (Wildman–Crippen MR) is 134 cm³/mol. The fourth-order valence-electron chi connectivity index (χ4n) is 4.97. The maximum absolute atomic E-state index is 12.9. The van der Waals surface area contributed by atoms with Gasteiger partial charge in [0.15, 0.2) is 0 Å². The summed E-state index contributed by atoms with van der Waals surface area (Å²) in [4.78, 5) is 30.6. The van der Waals surface area contributed by atoms with Crippen LogP contribution in [-0.4, -0.2) is 52.5 Å². The summed E-state index contributed by atoms with van der Waals surface area (Å²) in [6, 6.07) is 10.0. The minimum atomic E-state index is -0.855. The summed E-state index contributed by atoms with van der Waals surface area (Å²) >= 11 is 6.31. The molecule has 1 unspecified atom stereocenters. The van der Waals surface area contributed by atoms with Crippen molar-refractivity contribution in [2.45, 2.75) is 52.0 Å². The first-order chi connectivity index (χ1) is 16.3. The third-order valence-corrected chi connectivity index (χ3v) is 7.15. The SMILES string of the molecule is CC(C)C(CC(=O)O)NCC(=O)N1CCC(=C2c3ccc(Cl)cc3CCc3cccnc32)CC1. The molecule has 2 N–H and O–H groups in total. The van der Waals surface area contributed by atoms with Gasteiger partial charge < -0.3 is 15.3 Å². The van der Waals surface area contributed by atoms with Crippen LogP contribution < -0.4 is 5.32 Å². The van der Waals surface area contributed by atoms with Gasteiger partial charge in [-0.15, -0.1) is 0 Å². The number of pyridine rings is 1. The van der Waals surface area contributed by atoms with E-state index in [1.54, 1.807) is 0 Å².